The number of hydrogen-bond acceptors (Lipinski definition) is 2. The fourth-order valence-electron chi connectivity index (χ4n) is 1.96. The van der Waals surface area contributed by atoms with E-state index in [2.05, 4.69) is 26.1 Å². The first-order chi connectivity index (χ1) is 6.88. The predicted molar refractivity (Wildman–Crippen MR) is 62.4 cm³/mol. The first kappa shape index (κ1) is 12.5. The van der Waals surface area contributed by atoms with Crippen LogP contribution in [-0.2, 0) is 4.79 Å². The average molecular weight is 212 g/mol. The molecule has 0 aromatic heterocycles. The van der Waals surface area contributed by atoms with E-state index in [9.17, 15) is 4.79 Å². The minimum absolute atomic E-state index is 0.167. The smallest absolute Gasteiger partial charge is 0.223 e. The molecule has 0 saturated heterocycles. The largest absolute Gasteiger partial charge is 0.356 e. The van der Waals surface area contributed by atoms with Crippen molar-refractivity contribution in [3.8, 4) is 0 Å². The zero-order valence-corrected chi connectivity index (χ0v) is 10.2. The molecule has 3 N–H and O–H groups in total. The lowest BCUT2D eigenvalue weighted by Gasteiger charge is -2.19. The predicted octanol–water partition coefficient (Wildman–Crippen LogP) is 1.67. The van der Waals surface area contributed by atoms with E-state index in [1.807, 2.05) is 0 Å². The molecule has 1 amide bonds. The van der Waals surface area contributed by atoms with Gasteiger partial charge >= 0.3 is 0 Å². The highest BCUT2D eigenvalue weighted by Crippen LogP contribution is 2.24. The van der Waals surface area contributed by atoms with E-state index in [0.29, 0.717) is 5.41 Å². The van der Waals surface area contributed by atoms with Crippen molar-refractivity contribution in [2.24, 2.45) is 17.1 Å². The first-order valence-corrected chi connectivity index (χ1v) is 5.92. The van der Waals surface area contributed by atoms with Crippen molar-refractivity contribution in [3.63, 3.8) is 0 Å². The lowest BCUT2D eigenvalue weighted by Crippen LogP contribution is -2.32. The molecule has 1 aliphatic carbocycles. The van der Waals surface area contributed by atoms with E-state index >= 15 is 0 Å². The maximum Gasteiger partial charge on any atom is 0.223 e. The number of nitrogens with two attached hydrogens (primary N) is 1. The van der Waals surface area contributed by atoms with Crippen molar-refractivity contribution in [3.05, 3.63) is 0 Å². The number of carbonyl (C=O) groups is 1. The van der Waals surface area contributed by atoms with Gasteiger partial charge in [-0.25, -0.2) is 0 Å². The second-order valence-corrected chi connectivity index (χ2v) is 5.87. The number of nitrogens with one attached hydrogen (secondary N) is 1. The molecule has 1 saturated carbocycles. The van der Waals surface area contributed by atoms with E-state index < -0.39 is 0 Å². The Labute approximate surface area is 92.8 Å². The van der Waals surface area contributed by atoms with Crippen LogP contribution in [0.1, 0.15) is 46.5 Å². The third-order valence-electron chi connectivity index (χ3n) is 3.02. The van der Waals surface area contributed by atoms with Crippen molar-refractivity contribution in [2.45, 2.75) is 52.5 Å². The average Bonchev–Trinajstić information content (AvgIpc) is 2.49. The summed E-state index contributed by atoms with van der Waals surface area (Å²) in [6.07, 6.45) is 3.85. The van der Waals surface area contributed by atoms with Crippen LogP contribution in [0.5, 0.6) is 0 Å². The molecule has 0 aromatic carbocycles. The molecule has 2 atom stereocenters. The van der Waals surface area contributed by atoms with Crippen LogP contribution in [0.3, 0.4) is 0 Å². The van der Waals surface area contributed by atoms with Crippen LogP contribution >= 0.6 is 0 Å². The summed E-state index contributed by atoms with van der Waals surface area (Å²) in [5.41, 5.74) is 6.07. The van der Waals surface area contributed by atoms with E-state index in [1.54, 1.807) is 0 Å². The molecule has 1 rings (SSSR count). The zero-order valence-electron chi connectivity index (χ0n) is 10.2. The van der Waals surface area contributed by atoms with Gasteiger partial charge in [0.25, 0.3) is 0 Å². The molecule has 0 heterocycles. The molecule has 1 aliphatic rings. The summed E-state index contributed by atoms with van der Waals surface area (Å²) >= 11 is 0. The zero-order chi connectivity index (χ0) is 11.5. The maximum absolute atomic E-state index is 11.7. The van der Waals surface area contributed by atoms with E-state index in [1.165, 1.54) is 0 Å². The molecule has 0 bridgehead atoms. The van der Waals surface area contributed by atoms with Gasteiger partial charge in [-0.2, -0.15) is 0 Å². The van der Waals surface area contributed by atoms with Gasteiger partial charge in [0.15, 0.2) is 0 Å². The van der Waals surface area contributed by atoms with Crippen LogP contribution in [0.25, 0.3) is 0 Å². The van der Waals surface area contributed by atoms with Crippen LogP contribution in [0.4, 0.5) is 0 Å². The summed E-state index contributed by atoms with van der Waals surface area (Å²) < 4.78 is 0. The summed E-state index contributed by atoms with van der Waals surface area (Å²) in [6.45, 7) is 7.34. The molecule has 1 fully saturated rings. The molecular weight excluding hydrogens is 188 g/mol. The summed E-state index contributed by atoms with van der Waals surface area (Å²) in [4.78, 5) is 11.7. The SMILES string of the molecule is CC(C)(C)CCNC(=O)[C@H]1CC[C@H](N)C1. The van der Waals surface area contributed by atoms with Crippen LogP contribution < -0.4 is 11.1 Å². The highest BCUT2D eigenvalue weighted by Gasteiger charge is 2.27. The van der Waals surface area contributed by atoms with Crippen LogP contribution in [-0.4, -0.2) is 18.5 Å². The van der Waals surface area contributed by atoms with Crippen LogP contribution in [0.2, 0.25) is 0 Å². The van der Waals surface area contributed by atoms with Gasteiger partial charge in [-0.15, -0.1) is 0 Å². The Morgan fingerprint density at radius 1 is 1.40 bits per heavy atom. The number of carbonyl (C=O) groups excluding carboxylic acids is 1. The van der Waals surface area contributed by atoms with Gasteiger partial charge in [0, 0.05) is 18.5 Å². The standard InChI is InChI=1S/C12H24N2O/c1-12(2,3)6-7-14-11(15)9-4-5-10(13)8-9/h9-10H,4-8,13H2,1-3H3,(H,14,15)/t9-,10-/m0/s1. The van der Waals surface area contributed by atoms with Crippen LogP contribution in [0.15, 0.2) is 0 Å². The van der Waals surface area contributed by atoms with E-state index in [0.717, 1.165) is 32.2 Å². The van der Waals surface area contributed by atoms with Gasteiger partial charge in [-0.05, 0) is 31.1 Å². The minimum Gasteiger partial charge on any atom is -0.356 e. The molecule has 88 valence electrons. The molecule has 0 spiro atoms. The molecule has 3 nitrogen and oxygen atoms in total. The molecule has 3 heteroatoms. The fourth-order valence-corrected chi connectivity index (χ4v) is 1.96. The minimum atomic E-state index is 0.167. The van der Waals surface area contributed by atoms with Crippen molar-refractivity contribution >= 4 is 5.91 Å². The summed E-state index contributed by atoms with van der Waals surface area (Å²) in [6, 6.07) is 0.239. The summed E-state index contributed by atoms with van der Waals surface area (Å²) in [5, 5.41) is 3.01. The second kappa shape index (κ2) is 4.97. The normalized spacial score (nSPS) is 26.7. The third-order valence-corrected chi connectivity index (χ3v) is 3.02. The molecule has 15 heavy (non-hydrogen) atoms. The molecule has 0 aromatic rings. The summed E-state index contributed by atoms with van der Waals surface area (Å²) in [7, 11) is 0. The van der Waals surface area contributed by atoms with Crippen molar-refractivity contribution in [1.29, 1.82) is 0 Å². The van der Waals surface area contributed by atoms with Crippen LogP contribution in [0, 0.1) is 11.3 Å². The fraction of sp³-hybridized carbons (Fsp3) is 0.917. The van der Waals surface area contributed by atoms with Crippen molar-refractivity contribution < 1.29 is 4.79 Å². The first-order valence-electron chi connectivity index (χ1n) is 5.92. The van der Waals surface area contributed by atoms with E-state index in [-0.39, 0.29) is 17.9 Å². The lowest BCUT2D eigenvalue weighted by molar-refractivity contribution is -0.124. The molecule has 0 aliphatic heterocycles. The monoisotopic (exact) mass is 212 g/mol. The molecule has 0 unspecified atom stereocenters. The summed E-state index contributed by atoms with van der Waals surface area (Å²) in [5.74, 6) is 0.368. The van der Waals surface area contributed by atoms with Gasteiger partial charge < -0.3 is 11.1 Å². The van der Waals surface area contributed by atoms with Crippen molar-refractivity contribution in [1.82, 2.24) is 5.32 Å². The Morgan fingerprint density at radius 3 is 2.53 bits per heavy atom. The molecular formula is C12H24N2O. The number of rotatable bonds is 3. The third kappa shape index (κ3) is 4.65. The van der Waals surface area contributed by atoms with Gasteiger partial charge in [0.05, 0.1) is 0 Å². The van der Waals surface area contributed by atoms with E-state index in [4.69, 9.17) is 5.73 Å². The lowest BCUT2D eigenvalue weighted by atomic mass is 9.92. The Bertz CT molecular complexity index is 220. The van der Waals surface area contributed by atoms with Gasteiger partial charge in [-0.3, -0.25) is 4.79 Å². The number of amides is 1. The van der Waals surface area contributed by atoms with Gasteiger partial charge in [-0.1, -0.05) is 20.8 Å². The topological polar surface area (TPSA) is 55.1 Å². The Kier molecular flexibility index (Phi) is 4.14. The Hall–Kier alpha value is -0.570. The molecule has 0 radical (unpaired) electrons. The second-order valence-electron chi connectivity index (χ2n) is 5.87. The van der Waals surface area contributed by atoms with Gasteiger partial charge in [0.1, 0.15) is 0 Å². The maximum atomic E-state index is 11.7. The van der Waals surface area contributed by atoms with Gasteiger partial charge in [0.2, 0.25) is 5.91 Å². The Balaban J connectivity index is 2.19. The Morgan fingerprint density at radius 2 is 2.07 bits per heavy atom. The highest BCUT2D eigenvalue weighted by molar-refractivity contribution is 5.78. The quantitative estimate of drug-likeness (QED) is 0.747. The highest BCUT2D eigenvalue weighted by atomic mass is 16.1. The number of hydrogen-bond donors (Lipinski definition) is 2. The van der Waals surface area contributed by atoms with Crippen molar-refractivity contribution in [2.75, 3.05) is 6.54 Å².